The first-order chi connectivity index (χ1) is 13.6. The van der Waals surface area contributed by atoms with Crippen molar-refractivity contribution in [2.45, 2.75) is 13.0 Å². The molecule has 1 aromatic heterocycles. The highest BCUT2D eigenvalue weighted by atomic mass is 19.1. The molecule has 0 spiro atoms. The first kappa shape index (κ1) is 18.0. The molecule has 0 N–H and O–H groups in total. The summed E-state index contributed by atoms with van der Waals surface area (Å²) in [5.74, 6) is 0.746. The fourth-order valence-electron chi connectivity index (χ4n) is 3.56. The Morgan fingerprint density at radius 2 is 2.04 bits per heavy atom. The maximum Gasteiger partial charge on any atom is 0.325 e. The number of carbonyl (C=O) groups excluding carboxylic acids is 1. The van der Waals surface area contributed by atoms with Gasteiger partial charge in [0.1, 0.15) is 24.0 Å². The van der Waals surface area contributed by atoms with Gasteiger partial charge in [-0.2, -0.15) is 5.26 Å². The number of benzene rings is 1. The lowest BCUT2D eigenvalue weighted by atomic mass is 10.1. The van der Waals surface area contributed by atoms with Crippen molar-refractivity contribution in [1.29, 1.82) is 5.26 Å². The van der Waals surface area contributed by atoms with Crippen LogP contribution in [-0.4, -0.2) is 54.7 Å². The lowest BCUT2D eigenvalue weighted by Gasteiger charge is -2.41. The predicted octanol–water partition coefficient (Wildman–Crippen LogP) is 2.62. The molecule has 1 atom stereocenters. The number of rotatable bonds is 1. The van der Waals surface area contributed by atoms with Crippen LogP contribution in [0.5, 0.6) is 5.75 Å². The Bertz CT molecular complexity index is 936. The molecule has 1 saturated heterocycles. The smallest absolute Gasteiger partial charge is 0.325 e. The molecule has 1 aromatic carbocycles. The van der Waals surface area contributed by atoms with Gasteiger partial charge in [0.15, 0.2) is 0 Å². The highest BCUT2D eigenvalue weighted by molar-refractivity contribution is 5.94. The third-order valence-corrected chi connectivity index (χ3v) is 5.06. The molecular weight excluding hydrogens is 361 g/mol. The highest BCUT2D eigenvalue weighted by Crippen LogP contribution is 2.35. The highest BCUT2D eigenvalue weighted by Gasteiger charge is 2.34. The Morgan fingerprint density at radius 3 is 2.79 bits per heavy atom. The quantitative estimate of drug-likeness (QED) is 0.759. The molecule has 2 aliphatic heterocycles. The number of nitriles is 1. The summed E-state index contributed by atoms with van der Waals surface area (Å²) in [6, 6.07) is 9.54. The second kappa shape index (κ2) is 7.35. The number of hydrogen-bond acceptors (Lipinski definition) is 5. The summed E-state index contributed by atoms with van der Waals surface area (Å²) in [5, 5.41) is 9.05. The number of amides is 2. The van der Waals surface area contributed by atoms with Gasteiger partial charge in [0, 0.05) is 38.4 Å². The van der Waals surface area contributed by atoms with Crippen LogP contribution >= 0.6 is 0 Å². The Hall–Kier alpha value is -3.34. The Balaban J connectivity index is 1.48. The average molecular weight is 381 g/mol. The molecule has 0 radical (unpaired) electrons. The van der Waals surface area contributed by atoms with Gasteiger partial charge in [-0.05, 0) is 31.2 Å². The van der Waals surface area contributed by atoms with E-state index in [-0.39, 0.29) is 17.9 Å². The van der Waals surface area contributed by atoms with E-state index in [9.17, 15) is 9.18 Å². The van der Waals surface area contributed by atoms with Gasteiger partial charge in [0.2, 0.25) is 0 Å². The number of hydrogen-bond donors (Lipinski definition) is 0. The fourth-order valence-corrected chi connectivity index (χ4v) is 3.56. The van der Waals surface area contributed by atoms with Gasteiger partial charge in [-0.3, -0.25) is 4.90 Å². The normalized spacial score (nSPS) is 18.9. The summed E-state index contributed by atoms with van der Waals surface area (Å²) in [6.07, 6.45) is 1.62. The van der Waals surface area contributed by atoms with Crippen molar-refractivity contribution in [1.82, 2.24) is 9.88 Å². The summed E-state index contributed by atoms with van der Waals surface area (Å²) >= 11 is 0. The number of nitrogens with zero attached hydrogens (tertiary/aromatic N) is 5. The van der Waals surface area contributed by atoms with Gasteiger partial charge in [-0.15, -0.1) is 0 Å². The fraction of sp³-hybridized carbons (Fsp3) is 0.350. The second-order valence-corrected chi connectivity index (χ2v) is 6.91. The van der Waals surface area contributed by atoms with E-state index in [0.29, 0.717) is 49.8 Å². The van der Waals surface area contributed by atoms with Crippen LogP contribution in [0.4, 0.5) is 20.7 Å². The minimum Gasteiger partial charge on any atom is -0.489 e. The van der Waals surface area contributed by atoms with Crippen LogP contribution in [0.1, 0.15) is 12.5 Å². The zero-order chi connectivity index (χ0) is 19.7. The minimum atomic E-state index is -0.388. The molecule has 1 unspecified atom stereocenters. The van der Waals surface area contributed by atoms with Crippen molar-refractivity contribution in [2.24, 2.45) is 0 Å². The summed E-state index contributed by atoms with van der Waals surface area (Å²) in [7, 11) is 0. The lowest BCUT2D eigenvalue weighted by molar-refractivity contribution is 0.190. The van der Waals surface area contributed by atoms with Crippen molar-refractivity contribution < 1.29 is 13.9 Å². The maximum atomic E-state index is 13.5. The molecule has 0 bridgehead atoms. The number of anilines is 2. The Labute approximate surface area is 162 Å². The Kier molecular flexibility index (Phi) is 4.74. The number of urea groups is 1. The second-order valence-electron chi connectivity index (χ2n) is 6.91. The lowest BCUT2D eigenvalue weighted by Crippen LogP contribution is -2.56. The van der Waals surface area contributed by atoms with Crippen LogP contribution in [-0.2, 0) is 0 Å². The molecule has 28 heavy (non-hydrogen) atoms. The summed E-state index contributed by atoms with van der Waals surface area (Å²) in [6.45, 7) is 4.58. The van der Waals surface area contributed by atoms with E-state index in [1.165, 1.54) is 12.1 Å². The number of pyridine rings is 1. The Morgan fingerprint density at radius 1 is 1.25 bits per heavy atom. The van der Waals surface area contributed by atoms with Gasteiger partial charge < -0.3 is 14.5 Å². The third kappa shape index (κ3) is 3.31. The van der Waals surface area contributed by atoms with E-state index in [1.807, 2.05) is 6.92 Å². The number of ether oxygens (including phenoxy) is 1. The topological polar surface area (TPSA) is 72.7 Å². The van der Waals surface area contributed by atoms with Crippen molar-refractivity contribution in [3.8, 4) is 11.8 Å². The van der Waals surface area contributed by atoms with Crippen LogP contribution in [0.15, 0.2) is 36.5 Å². The standard InChI is InChI=1S/C20H20FN5O2/c1-14-13-28-18-11-16(21)2-3-17(18)26(14)20(27)25-8-6-24(7-9-25)19-10-15(12-22)4-5-23-19/h2-5,10-11,14H,6-9,13H2,1H3. The van der Waals surface area contributed by atoms with Crippen molar-refractivity contribution >= 4 is 17.5 Å². The van der Waals surface area contributed by atoms with E-state index in [4.69, 9.17) is 10.00 Å². The largest absolute Gasteiger partial charge is 0.489 e. The maximum absolute atomic E-state index is 13.5. The monoisotopic (exact) mass is 381 g/mol. The van der Waals surface area contributed by atoms with Gasteiger partial charge in [0.25, 0.3) is 0 Å². The molecule has 144 valence electrons. The summed E-state index contributed by atoms with van der Waals surface area (Å²) in [5.41, 5.74) is 1.16. The van der Waals surface area contributed by atoms with Crippen LogP contribution < -0.4 is 14.5 Å². The van der Waals surface area contributed by atoms with Crippen LogP contribution in [0, 0.1) is 17.1 Å². The summed E-state index contributed by atoms with van der Waals surface area (Å²) < 4.78 is 19.1. The van der Waals surface area contributed by atoms with Gasteiger partial charge in [0.05, 0.1) is 23.4 Å². The first-order valence-corrected chi connectivity index (χ1v) is 9.18. The van der Waals surface area contributed by atoms with Crippen LogP contribution in [0.3, 0.4) is 0 Å². The molecule has 2 aromatic rings. The number of aromatic nitrogens is 1. The van der Waals surface area contributed by atoms with Gasteiger partial charge in [-0.25, -0.2) is 14.2 Å². The number of piperazine rings is 1. The van der Waals surface area contributed by atoms with E-state index in [1.54, 1.807) is 34.2 Å². The number of fused-ring (bicyclic) bond motifs is 1. The molecule has 2 aliphatic rings. The molecule has 2 amide bonds. The molecule has 0 saturated carbocycles. The van der Waals surface area contributed by atoms with Crippen LogP contribution in [0.2, 0.25) is 0 Å². The molecule has 3 heterocycles. The zero-order valence-electron chi connectivity index (χ0n) is 15.5. The summed E-state index contributed by atoms with van der Waals surface area (Å²) in [4.78, 5) is 23.1. The predicted molar refractivity (Wildman–Crippen MR) is 102 cm³/mol. The van der Waals surface area contributed by atoms with E-state index >= 15 is 0 Å². The minimum absolute atomic E-state index is 0.109. The molecule has 7 nitrogen and oxygen atoms in total. The zero-order valence-corrected chi connectivity index (χ0v) is 15.5. The molecular formula is C20H20FN5O2. The van der Waals surface area contributed by atoms with E-state index < -0.39 is 0 Å². The first-order valence-electron chi connectivity index (χ1n) is 9.18. The van der Waals surface area contributed by atoms with Gasteiger partial charge >= 0.3 is 6.03 Å². The molecule has 1 fully saturated rings. The SMILES string of the molecule is CC1COc2cc(F)ccc2N1C(=O)N1CCN(c2cc(C#N)ccn2)CC1. The van der Waals surface area contributed by atoms with Crippen molar-refractivity contribution in [3.63, 3.8) is 0 Å². The average Bonchev–Trinajstić information content (AvgIpc) is 2.73. The molecule has 8 heteroatoms. The number of halogens is 1. The van der Waals surface area contributed by atoms with E-state index in [2.05, 4.69) is 16.0 Å². The number of carbonyl (C=O) groups is 1. The molecule has 4 rings (SSSR count). The van der Waals surface area contributed by atoms with Crippen LogP contribution in [0.25, 0.3) is 0 Å². The van der Waals surface area contributed by atoms with E-state index in [0.717, 1.165) is 5.82 Å². The van der Waals surface area contributed by atoms with Crippen molar-refractivity contribution in [2.75, 3.05) is 42.6 Å². The molecule has 0 aliphatic carbocycles. The van der Waals surface area contributed by atoms with Gasteiger partial charge in [-0.1, -0.05) is 0 Å². The third-order valence-electron chi connectivity index (χ3n) is 5.06. The van der Waals surface area contributed by atoms with Crippen molar-refractivity contribution in [3.05, 3.63) is 47.9 Å².